The molecular weight excluding hydrogens is 402 g/mol. The van der Waals surface area contributed by atoms with Gasteiger partial charge in [-0.15, -0.1) is 0 Å². The molecule has 1 fully saturated rings. The first-order valence-corrected chi connectivity index (χ1v) is 10.00. The fourth-order valence-electron chi connectivity index (χ4n) is 3.55. The minimum Gasteiger partial charge on any atom is -0.472 e. The van der Waals surface area contributed by atoms with Gasteiger partial charge in [-0.05, 0) is 51.6 Å². The first-order valence-electron chi connectivity index (χ1n) is 10.00. The maximum absolute atomic E-state index is 14.7. The zero-order chi connectivity index (χ0) is 22.4. The van der Waals surface area contributed by atoms with Gasteiger partial charge in [0.2, 0.25) is 5.88 Å². The van der Waals surface area contributed by atoms with Gasteiger partial charge in [0.25, 0.3) is 5.91 Å². The highest BCUT2D eigenvalue weighted by molar-refractivity contribution is 6.11. The SMILES string of the molecule is C=NC(=N/C=C\C)c1c(F)cccc1C(=O)N1CCC[C@@H](Oc2ccc(F)cn2)[C@@H]1C. The highest BCUT2D eigenvalue weighted by Crippen LogP contribution is 2.26. The molecule has 1 aromatic carbocycles. The predicted octanol–water partition coefficient (Wildman–Crippen LogP) is 4.41. The monoisotopic (exact) mass is 426 g/mol. The normalized spacial score (nSPS) is 19.5. The minimum atomic E-state index is -0.602. The Morgan fingerprint density at radius 1 is 1.32 bits per heavy atom. The summed E-state index contributed by atoms with van der Waals surface area (Å²) in [5, 5.41) is 0. The number of carbonyl (C=O) groups is 1. The molecule has 0 bridgehead atoms. The maximum atomic E-state index is 14.7. The van der Waals surface area contributed by atoms with Gasteiger partial charge in [0, 0.05) is 18.8 Å². The summed E-state index contributed by atoms with van der Waals surface area (Å²) in [5.41, 5.74) is 0.166. The number of hydrogen-bond acceptors (Lipinski definition) is 4. The Bertz CT molecular complexity index is 1010. The Morgan fingerprint density at radius 2 is 2.13 bits per heavy atom. The van der Waals surface area contributed by atoms with Crippen LogP contribution in [0.1, 0.15) is 42.6 Å². The molecule has 0 saturated carbocycles. The summed E-state index contributed by atoms with van der Waals surface area (Å²) < 4.78 is 33.7. The topological polar surface area (TPSA) is 67.2 Å². The van der Waals surface area contributed by atoms with Crippen LogP contribution < -0.4 is 4.74 Å². The van der Waals surface area contributed by atoms with Crippen LogP contribution in [0.15, 0.2) is 58.8 Å². The van der Waals surface area contributed by atoms with Crippen LogP contribution in [0.2, 0.25) is 0 Å². The van der Waals surface area contributed by atoms with Gasteiger partial charge in [-0.1, -0.05) is 12.1 Å². The molecule has 0 N–H and O–H groups in total. The summed E-state index contributed by atoms with van der Waals surface area (Å²) in [6.07, 6.45) is 5.30. The van der Waals surface area contributed by atoms with Gasteiger partial charge in [0.05, 0.1) is 23.4 Å². The van der Waals surface area contributed by atoms with Crippen molar-refractivity contribution in [3.05, 3.63) is 71.6 Å². The maximum Gasteiger partial charge on any atom is 0.255 e. The zero-order valence-electron chi connectivity index (χ0n) is 17.5. The first kappa shape index (κ1) is 22.3. The Morgan fingerprint density at radius 3 is 2.81 bits per heavy atom. The van der Waals surface area contributed by atoms with Crippen LogP contribution in [-0.4, -0.2) is 47.0 Å². The molecule has 31 heavy (non-hydrogen) atoms. The summed E-state index contributed by atoms with van der Waals surface area (Å²) in [4.78, 5) is 26.9. The number of amidine groups is 1. The average Bonchev–Trinajstić information content (AvgIpc) is 2.77. The van der Waals surface area contributed by atoms with Crippen LogP contribution in [0, 0.1) is 11.6 Å². The molecule has 0 unspecified atom stereocenters. The quantitative estimate of drug-likeness (QED) is 0.525. The van der Waals surface area contributed by atoms with Crippen molar-refractivity contribution in [2.75, 3.05) is 6.54 Å². The van der Waals surface area contributed by atoms with Crippen LogP contribution in [0.4, 0.5) is 8.78 Å². The highest BCUT2D eigenvalue weighted by Gasteiger charge is 2.34. The van der Waals surface area contributed by atoms with Crippen LogP contribution in [0.25, 0.3) is 0 Å². The van der Waals surface area contributed by atoms with Gasteiger partial charge in [-0.3, -0.25) is 4.79 Å². The van der Waals surface area contributed by atoms with Crippen molar-refractivity contribution >= 4 is 18.5 Å². The molecule has 2 atom stereocenters. The van der Waals surface area contributed by atoms with E-state index in [2.05, 4.69) is 21.7 Å². The highest BCUT2D eigenvalue weighted by atomic mass is 19.1. The largest absolute Gasteiger partial charge is 0.472 e. The molecule has 1 saturated heterocycles. The number of carbonyl (C=O) groups excluding carboxylic acids is 1. The lowest BCUT2D eigenvalue weighted by Gasteiger charge is -2.39. The van der Waals surface area contributed by atoms with E-state index in [1.54, 1.807) is 24.0 Å². The number of allylic oxidation sites excluding steroid dienone is 1. The number of rotatable bonds is 5. The predicted molar refractivity (Wildman–Crippen MR) is 116 cm³/mol. The van der Waals surface area contributed by atoms with E-state index >= 15 is 0 Å². The molecule has 8 heteroatoms. The average molecular weight is 426 g/mol. The summed E-state index contributed by atoms with van der Waals surface area (Å²) in [6, 6.07) is 6.70. The van der Waals surface area contributed by atoms with Crippen molar-refractivity contribution in [3.63, 3.8) is 0 Å². The Hall–Kier alpha value is -3.42. The van der Waals surface area contributed by atoms with E-state index in [-0.39, 0.29) is 40.9 Å². The fraction of sp³-hybridized carbons (Fsp3) is 0.304. The van der Waals surface area contributed by atoms with Crippen molar-refractivity contribution < 1.29 is 18.3 Å². The lowest BCUT2D eigenvalue weighted by molar-refractivity contribution is 0.0265. The molecule has 6 nitrogen and oxygen atoms in total. The van der Waals surface area contributed by atoms with Gasteiger partial charge >= 0.3 is 0 Å². The van der Waals surface area contributed by atoms with Gasteiger partial charge in [0.1, 0.15) is 17.7 Å². The fourth-order valence-corrected chi connectivity index (χ4v) is 3.55. The lowest BCUT2D eigenvalue weighted by atomic mass is 9.97. The number of aromatic nitrogens is 1. The van der Waals surface area contributed by atoms with E-state index < -0.39 is 11.6 Å². The minimum absolute atomic E-state index is 0.0102. The van der Waals surface area contributed by atoms with E-state index in [9.17, 15) is 13.6 Å². The van der Waals surface area contributed by atoms with Crippen LogP contribution in [0.5, 0.6) is 5.88 Å². The van der Waals surface area contributed by atoms with Crippen LogP contribution in [-0.2, 0) is 0 Å². The van der Waals surface area contributed by atoms with Crippen molar-refractivity contribution in [2.45, 2.75) is 38.8 Å². The third kappa shape index (κ3) is 5.02. The molecule has 1 aliphatic heterocycles. The molecule has 1 aliphatic rings. The standard InChI is InChI=1S/C23H24F2N4O2/c1-4-12-27-22(26-3)21-17(7-5-8-18(21)25)23(30)29-13-6-9-19(15(29)2)31-20-11-10-16(24)14-28-20/h4-5,7-8,10-12,14-15,19H,3,6,9,13H2,1-2H3/b12-4-,27-22?/t15-,19+/m0/s1. The van der Waals surface area contributed by atoms with Gasteiger partial charge in [-0.25, -0.2) is 23.7 Å². The van der Waals surface area contributed by atoms with Crippen molar-refractivity contribution in [1.82, 2.24) is 9.88 Å². The second kappa shape index (κ2) is 10.1. The lowest BCUT2D eigenvalue weighted by Crippen LogP contribution is -2.51. The Balaban J connectivity index is 1.89. The first-order chi connectivity index (χ1) is 15.0. The molecule has 2 aromatic rings. The van der Waals surface area contributed by atoms with E-state index in [0.29, 0.717) is 19.4 Å². The van der Waals surface area contributed by atoms with E-state index in [1.807, 2.05) is 6.92 Å². The molecule has 0 radical (unpaired) electrons. The Kier molecular flexibility index (Phi) is 7.23. The van der Waals surface area contributed by atoms with Crippen molar-refractivity contribution in [2.24, 2.45) is 9.98 Å². The summed E-state index contributed by atoms with van der Waals surface area (Å²) in [5.74, 6) is -1.08. The van der Waals surface area contributed by atoms with Crippen molar-refractivity contribution in [3.8, 4) is 5.88 Å². The molecule has 0 aliphatic carbocycles. The number of halogens is 2. The third-order valence-electron chi connectivity index (χ3n) is 5.11. The summed E-state index contributed by atoms with van der Waals surface area (Å²) >= 11 is 0. The van der Waals surface area contributed by atoms with Gasteiger partial charge < -0.3 is 9.64 Å². The molecule has 3 rings (SSSR count). The number of piperidine rings is 1. The zero-order valence-corrected chi connectivity index (χ0v) is 17.5. The number of benzene rings is 1. The van der Waals surface area contributed by atoms with Crippen LogP contribution >= 0.6 is 0 Å². The van der Waals surface area contributed by atoms with Crippen LogP contribution in [0.3, 0.4) is 0 Å². The molecular formula is C23H24F2N4O2. The van der Waals surface area contributed by atoms with Gasteiger partial charge in [-0.2, -0.15) is 0 Å². The second-order valence-corrected chi connectivity index (χ2v) is 7.11. The molecule has 0 spiro atoms. The molecule has 162 valence electrons. The molecule has 1 amide bonds. The summed E-state index contributed by atoms with van der Waals surface area (Å²) in [6.45, 7) is 7.59. The number of amides is 1. The molecule has 2 heterocycles. The van der Waals surface area contributed by atoms with E-state index in [1.165, 1.54) is 30.5 Å². The number of pyridine rings is 1. The van der Waals surface area contributed by atoms with Gasteiger partial charge in [0.15, 0.2) is 5.84 Å². The number of hydrogen-bond donors (Lipinski definition) is 0. The number of nitrogens with zero attached hydrogens (tertiary/aromatic N) is 4. The van der Waals surface area contributed by atoms with Crippen molar-refractivity contribution in [1.29, 1.82) is 0 Å². The number of aliphatic imine (C=N–C) groups is 2. The molecule has 1 aromatic heterocycles. The third-order valence-corrected chi connectivity index (χ3v) is 5.11. The second-order valence-electron chi connectivity index (χ2n) is 7.11. The smallest absolute Gasteiger partial charge is 0.255 e. The van der Waals surface area contributed by atoms with E-state index in [0.717, 1.165) is 6.20 Å². The number of ether oxygens (including phenoxy) is 1. The summed E-state index contributed by atoms with van der Waals surface area (Å²) in [7, 11) is 0. The Labute approximate surface area is 180 Å². The number of likely N-dealkylation sites (tertiary alicyclic amines) is 1. The van der Waals surface area contributed by atoms with E-state index in [4.69, 9.17) is 4.74 Å².